The molecular formula is C14H18N4O5. The van der Waals surface area contributed by atoms with Gasteiger partial charge in [-0.15, -0.1) is 0 Å². The molecule has 1 fully saturated rings. The Morgan fingerprint density at radius 3 is 2.22 bits per heavy atom. The third-order valence-corrected chi connectivity index (χ3v) is 4.11. The van der Waals surface area contributed by atoms with Crippen molar-refractivity contribution in [2.75, 3.05) is 32.7 Å². The number of benzene rings is 1. The van der Waals surface area contributed by atoms with Gasteiger partial charge in [-0.25, -0.2) is 0 Å². The zero-order chi connectivity index (χ0) is 17.1. The summed E-state index contributed by atoms with van der Waals surface area (Å²) in [4.78, 5) is 37.0. The maximum Gasteiger partial charge on any atom is 0.279 e. The molecule has 9 nitrogen and oxygen atoms in total. The van der Waals surface area contributed by atoms with Gasteiger partial charge in [-0.2, -0.15) is 0 Å². The van der Waals surface area contributed by atoms with E-state index in [0.29, 0.717) is 13.1 Å². The average molecular weight is 322 g/mol. The van der Waals surface area contributed by atoms with E-state index in [9.17, 15) is 25.0 Å². The van der Waals surface area contributed by atoms with E-state index in [-0.39, 0.29) is 11.1 Å². The molecule has 2 rings (SSSR count). The second kappa shape index (κ2) is 6.69. The summed E-state index contributed by atoms with van der Waals surface area (Å²) in [7, 11) is 0. The minimum Gasteiger partial charge on any atom is -0.336 e. The summed E-state index contributed by atoms with van der Waals surface area (Å²) >= 11 is 0. The van der Waals surface area contributed by atoms with E-state index in [1.807, 2.05) is 6.92 Å². The molecule has 1 heterocycles. The molecule has 0 atom stereocenters. The fourth-order valence-electron chi connectivity index (χ4n) is 2.64. The van der Waals surface area contributed by atoms with E-state index < -0.39 is 27.1 Å². The van der Waals surface area contributed by atoms with Crippen molar-refractivity contribution in [3.05, 3.63) is 43.5 Å². The van der Waals surface area contributed by atoms with Crippen molar-refractivity contribution < 1.29 is 14.6 Å². The minimum atomic E-state index is -0.724. The molecule has 0 unspecified atom stereocenters. The Morgan fingerprint density at radius 2 is 1.74 bits per heavy atom. The molecule has 1 saturated heterocycles. The second-order valence-electron chi connectivity index (χ2n) is 5.38. The summed E-state index contributed by atoms with van der Waals surface area (Å²) in [5.74, 6) is -0.398. The van der Waals surface area contributed by atoms with Crippen molar-refractivity contribution in [1.82, 2.24) is 9.80 Å². The number of carbonyl (C=O) groups is 1. The van der Waals surface area contributed by atoms with Crippen LogP contribution in [0.3, 0.4) is 0 Å². The van der Waals surface area contributed by atoms with Crippen LogP contribution in [0, 0.1) is 27.2 Å². The van der Waals surface area contributed by atoms with Crippen molar-refractivity contribution in [1.29, 1.82) is 0 Å². The van der Waals surface area contributed by atoms with Crippen molar-refractivity contribution in [2.45, 2.75) is 13.8 Å². The number of nitro groups is 2. The van der Waals surface area contributed by atoms with Crippen molar-refractivity contribution in [3.8, 4) is 0 Å². The fourth-order valence-corrected chi connectivity index (χ4v) is 2.64. The van der Waals surface area contributed by atoms with E-state index in [1.165, 1.54) is 6.92 Å². The minimum absolute atomic E-state index is 0.0239. The molecule has 0 saturated carbocycles. The van der Waals surface area contributed by atoms with Crippen molar-refractivity contribution >= 4 is 17.3 Å². The monoisotopic (exact) mass is 322 g/mol. The topological polar surface area (TPSA) is 110 Å². The Hall–Kier alpha value is -2.55. The zero-order valence-corrected chi connectivity index (χ0v) is 13.0. The van der Waals surface area contributed by atoms with Gasteiger partial charge in [0, 0.05) is 37.8 Å². The predicted molar refractivity (Wildman–Crippen MR) is 82.5 cm³/mol. The Labute approximate surface area is 132 Å². The molecule has 124 valence electrons. The van der Waals surface area contributed by atoms with Crippen LogP contribution >= 0.6 is 0 Å². The lowest BCUT2D eigenvalue weighted by molar-refractivity contribution is -0.394. The largest absolute Gasteiger partial charge is 0.336 e. The Balaban J connectivity index is 2.36. The van der Waals surface area contributed by atoms with Gasteiger partial charge in [0.25, 0.3) is 17.3 Å². The lowest BCUT2D eigenvalue weighted by atomic mass is 10.0. The third-order valence-electron chi connectivity index (χ3n) is 4.11. The maximum atomic E-state index is 12.6. The number of likely N-dealkylation sites (N-methyl/N-ethyl adjacent to an activating group) is 1. The fraction of sp³-hybridized carbons (Fsp3) is 0.500. The number of rotatable bonds is 4. The van der Waals surface area contributed by atoms with E-state index in [2.05, 4.69) is 4.90 Å². The number of hydrogen-bond acceptors (Lipinski definition) is 6. The summed E-state index contributed by atoms with van der Waals surface area (Å²) in [6, 6.07) is 2.01. The normalized spacial score (nSPS) is 15.5. The number of carbonyl (C=O) groups excluding carboxylic acids is 1. The summed E-state index contributed by atoms with van der Waals surface area (Å²) in [6.07, 6.45) is 0. The predicted octanol–water partition coefficient (Wildman–Crippen LogP) is 1.59. The summed E-state index contributed by atoms with van der Waals surface area (Å²) < 4.78 is 0. The number of nitrogens with zero attached hydrogens (tertiary/aromatic N) is 4. The molecule has 0 radical (unpaired) electrons. The molecule has 0 aliphatic carbocycles. The lowest BCUT2D eigenvalue weighted by Crippen LogP contribution is -2.48. The van der Waals surface area contributed by atoms with Gasteiger partial charge < -0.3 is 9.80 Å². The van der Waals surface area contributed by atoms with E-state index in [1.54, 1.807) is 4.90 Å². The van der Waals surface area contributed by atoms with Gasteiger partial charge >= 0.3 is 0 Å². The van der Waals surface area contributed by atoms with Crippen LogP contribution in [0.25, 0.3) is 0 Å². The van der Waals surface area contributed by atoms with Gasteiger partial charge in [-0.1, -0.05) is 6.92 Å². The average Bonchev–Trinajstić information content (AvgIpc) is 2.54. The highest BCUT2D eigenvalue weighted by Crippen LogP contribution is 2.29. The van der Waals surface area contributed by atoms with Gasteiger partial charge in [0.05, 0.1) is 21.5 Å². The molecule has 0 bridgehead atoms. The molecule has 1 aliphatic rings. The molecule has 0 aromatic heterocycles. The lowest BCUT2D eigenvalue weighted by Gasteiger charge is -2.34. The molecule has 0 spiro atoms. The van der Waals surface area contributed by atoms with Crippen molar-refractivity contribution in [3.63, 3.8) is 0 Å². The third kappa shape index (κ3) is 3.45. The summed E-state index contributed by atoms with van der Waals surface area (Å²) in [5, 5.41) is 22.1. The van der Waals surface area contributed by atoms with Crippen LogP contribution in [-0.4, -0.2) is 58.3 Å². The van der Waals surface area contributed by atoms with Gasteiger partial charge in [-0.05, 0) is 13.5 Å². The van der Waals surface area contributed by atoms with Crippen molar-refractivity contribution in [2.24, 2.45) is 0 Å². The van der Waals surface area contributed by atoms with E-state index >= 15 is 0 Å². The van der Waals surface area contributed by atoms with Gasteiger partial charge in [-0.3, -0.25) is 25.0 Å². The van der Waals surface area contributed by atoms with Gasteiger partial charge in [0.2, 0.25) is 0 Å². The Morgan fingerprint density at radius 1 is 1.13 bits per heavy atom. The summed E-state index contributed by atoms with van der Waals surface area (Å²) in [6.45, 7) is 6.81. The first kappa shape index (κ1) is 16.8. The van der Waals surface area contributed by atoms with Crippen LogP contribution in [0.2, 0.25) is 0 Å². The summed E-state index contributed by atoms with van der Waals surface area (Å²) in [5.41, 5.74) is -0.674. The molecule has 0 N–H and O–H groups in total. The van der Waals surface area contributed by atoms with Crippen LogP contribution in [0.5, 0.6) is 0 Å². The number of non-ortho nitro benzene ring substituents is 1. The number of amides is 1. The van der Waals surface area contributed by atoms with Crippen LogP contribution in [0.4, 0.5) is 11.4 Å². The van der Waals surface area contributed by atoms with Crippen LogP contribution in [0.15, 0.2) is 12.1 Å². The van der Waals surface area contributed by atoms with E-state index in [0.717, 1.165) is 31.8 Å². The molecule has 1 aliphatic heterocycles. The molecule has 1 aromatic carbocycles. The maximum absolute atomic E-state index is 12.6. The highest BCUT2D eigenvalue weighted by molar-refractivity contribution is 5.97. The first-order valence-electron chi connectivity index (χ1n) is 7.30. The first-order valence-corrected chi connectivity index (χ1v) is 7.30. The van der Waals surface area contributed by atoms with Gasteiger partial charge in [0.15, 0.2) is 0 Å². The first-order chi connectivity index (χ1) is 10.8. The quantitative estimate of drug-likeness (QED) is 0.615. The molecule has 1 aromatic rings. The SMILES string of the molecule is CCN1CCN(C(=O)c2cc([N+](=O)[O-])cc([N+](=O)[O-])c2C)CC1. The number of hydrogen-bond donors (Lipinski definition) is 0. The highest BCUT2D eigenvalue weighted by Gasteiger charge is 2.28. The standard InChI is InChI=1S/C14H18N4O5/c1-3-15-4-6-16(7-5-15)14(19)12-8-11(17(20)21)9-13(10(12)2)18(22)23/h8-9H,3-7H2,1-2H3. The molecule has 23 heavy (non-hydrogen) atoms. The highest BCUT2D eigenvalue weighted by atomic mass is 16.6. The van der Waals surface area contributed by atoms with Crippen LogP contribution < -0.4 is 0 Å². The second-order valence-corrected chi connectivity index (χ2v) is 5.38. The Bertz CT molecular complexity index is 653. The molecule has 1 amide bonds. The molecule has 9 heteroatoms. The molecular weight excluding hydrogens is 304 g/mol. The number of piperazine rings is 1. The zero-order valence-electron chi connectivity index (χ0n) is 13.0. The van der Waals surface area contributed by atoms with Crippen LogP contribution in [0.1, 0.15) is 22.8 Å². The van der Waals surface area contributed by atoms with E-state index in [4.69, 9.17) is 0 Å². The Kier molecular flexibility index (Phi) is 4.89. The van der Waals surface area contributed by atoms with Gasteiger partial charge in [0.1, 0.15) is 0 Å². The smallest absolute Gasteiger partial charge is 0.279 e. The number of nitro benzene ring substituents is 2. The van der Waals surface area contributed by atoms with Crippen LogP contribution in [-0.2, 0) is 0 Å².